The lowest BCUT2D eigenvalue weighted by Gasteiger charge is -2.37. The number of carbonyl (C=O) groups is 3. The van der Waals surface area contributed by atoms with Crippen molar-refractivity contribution in [3.05, 3.63) is 67.8 Å². The van der Waals surface area contributed by atoms with Gasteiger partial charge in [-0.05, 0) is 42.2 Å². The number of hydrogen-bond donors (Lipinski definition) is 1. The third kappa shape index (κ3) is 4.36. The molecule has 2 aromatic rings. The van der Waals surface area contributed by atoms with Gasteiger partial charge in [0.2, 0.25) is 11.8 Å². The molecule has 3 saturated heterocycles. The van der Waals surface area contributed by atoms with E-state index >= 15 is 0 Å². The van der Waals surface area contributed by atoms with Gasteiger partial charge >= 0.3 is 0 Å². The minimum absolute atomic E-state index is 0.00654. The van der Waals surface area contributed by atoms with Crippen LogP contribution in [-0.2, 0) is 19.1 Å². The van der Waals surface area contributed by atoms with E-state index in [9.17, 15) is 19.5 Å². The number of nitrogens with zero attached hydrogens (tertiary/aromatic N) is 3. The van der Waals surface area contributed by atoms with Gasteiger partial charge in [-0.2, -0.15) is 0 Å². The molecule has 0 saturated carbocycles. The minimum atomic E-state index is -1.11. The summed E-state index contributed by atoms with van der Waals surface area (Å²) in [5.41, 5.74) is -0.424. The Labute approximate surface area is 229 Å². The van der Waals surface area contributed by atoms with E-state index in [0.717, 1.165) is 17.2 Å². The minimum Gasteiger partial charge on any atom is -0.395 e. The summed E-state index contributed by atoms with van der Waals surface area (Å²) in [6, 6.07) is 12.8. The highest BCUT2D eigenvalue weighted by atomic mass is 16.5. The molecule has 1 N–H and O–H groups in total. The van der Waals surface area contributed by atoms with Gasteiger partial charge in [-0.25, -0.2) is 0 Å². The Hall–Kier alpha value is -3.49. The largest absolute Gasteiger partial charge is 0.395 e. The molecule has 3 heterocycles. The predicted octanol–water partition coefficient (Wildman–Crippen LogP) is 3.15. The number of rotatable bonds is 11. The molecule has 39 heavy (non-hydrogen) atoms. The Morgan fingerprint density at radius 3 is 2.56 bits per heavy atom. The molecule has 8 nitrogen and oxygen atoms in total. The van der Waals surface area contributed by atoms with Crippen LogP contribution in [0.2, 0.25) is 0 Å². The molecule has 8 heteroatoms. The van der Waals surface area contributed by atoms with E-state index in [1.807, 2.05) is 49.4 Å². The molecular formula is C31H37N3O5. The number of β-amino-alcohol motifs (C(OH)–C–C–N with tert-alkyl or cyclic N) is 1. The third-order valence-corrected chi connectivity index (χ3v) is 8.44. The number of carbonyl (C=O) groups excluding carboxylic acids is 3. The number of fused-ring (bicyclic) bond motifs is 2. The molecule has 3 aliphatic rings. The Morgan fingerprint density at radius 1 is 1.13 bits per heavy atom. The molecule has 3 aliphatic heterocycles. The van der Waals surface area contributed by atoms with Gasteiger partial charge < -0.3 is 24.5 Å². The molecule has 0 radical (unpaired) electrons. The zero-order valence-electron chi connectivity index (χ0n) is 22.5. The van der Waals surface area contributed by atoms with E-state index in [1.165, 1.54) is 4.90 Å². The molecule has 2 aromatic carbocycles. The number of aliphatic hydroxyl groups excluding tert-OH is 1. The third-order valence-electron chi connectivity index (χ3n) is 8.44. The summed E-state index contributed by atoms with van der Waals surface area (Å²) in [6.45, 7) is 10.5. The second-order valence-electron chi connectivity index (χ2n) is 10.7. The van der Waals surface area contributed by atoms with Crippen LogP contribution < -0.4 is 4.90 Å². The molecule has 206 valence electrons. The van der Waals surface area contributed by atoms with Gasteiger partial charge in [-0.1, -0.05) is 49.4 Å². The van der Waals surface area contributed by atoms with Crippen LogP contribution in [0.3, 0.4) is 0 Å². The van der Waals surface area contributed by atoms with Gasteiger partial charge in [-0.15, -0.1) is 13.2 Å². The van der Waals surface area contributed by atoms with Crippen LogP contribution in [0.5, 0.6) is 0 Å². The number of benzene rings is 2. The molecule has 5 atom stereocenters. The van der Waals surface area contributed by atoms with Crippen molar-refractivity contribution in [2.24, 2.45) is 11.8 Å². The van der Waals surface area contributed by atoms with Crippen molar-refractivity contribution in [2.75, 3.05) is 37.7 Å². The first-order valence-corrected chi connectivity index (χ1v) is 13.8. The second kappa shape index (κ2) is 10.9. The van der Waals surface area contributed by atoms with Crippen molar-refractivity contribution in [1.29, 1.82) is 0 Å². The van der Waals surface area contributed by atoms with E-state index in [4.69, 9.17) is 4.74 Å². The zero-order chi connectivity index (χ0) is 27.7. The molecule has 2 bridgehead atoms. The Bertz CT molecular complexity index is 1290. The summed E-state index contributed by atoms with van der Waals surface area (Å²) >= 11 is 0. The fourth-order valence-electron chi connectivity index (χ4n) is 6.93. The summed E-state index contributed by atoms with van der Waals surface area (Å²) in [4.78, 5) is 47.0. The monoisotopic (exact) mass is 531 g/mol. The average molecular weight is 532 g/mol. The van der Waals surface area contributed by atoms with E-state index in [2.05, 4.69) is 13.2 Å². The molecule has 3 amide bonds. The summed E-state index contributed by atoms with van der Waals surface area (Å²) in [7, 11) is 0. The van der Waals surface area contributed by atoms with Gasteiger partial charge in [0.25, 0.3) is 5.91 Å². The van der Waals surface area contributed by atoms with E-state index in [-0.39, 0.29) is 37.4 Å². The van der Waals surface area contributed by atoms with Crippen LogP contribution >= 0.6 is 0 Å². The van der Waals surface area contributed by atoms with Gasteiger partial charge in [0.15, 0.2) is 0 Å². The quantitative estimate of drug-likeness (QED) is 0.450. The average Bonchev–Trinajstić information content (AvgIpc) is 3.58. The van der Waals surface area contributed by atoms with Gasteiger partial charge in [0, 0.05) is 31.9 Å². The summed E-state index contributed by atoms with van der Waals surface area (Å²) in [5, 5.41) is 11.9. The van der Waals surface area contributed by atoms with Crippen LogP contribution in [0.15, 0.2) is 67.8 Å². The maximum Gasteiger partial charge on any atom is 0.253 e. The molecular weight excluding hydrogens is 494 g/mol. The smallest absolute Gasteiger partial charge is 0.253 e. The molecule has 0 aromatic heterocycles. The van der Waals surface area contributed by atoms with Crippen molar-refractivity contribution >= 4 is 34.2 Å². The first-order valence-electron chi connectivity index (χ1n) is 13.8. The highest BCUT2D eigenvalue weighted by molar-refractivity contribution is 6.05. The van der Waals surface area contributed by atoms with Crippen molar-refractivity contribution in [1.82, 2.24) is 9.80 Å². The lowest BCUT2D eigenvalue weighted by Crippen LogP contribution is -2.57. The molecule has 2 unspecified atom stereocenters. The fraction of sp³-hybridized carbons (Fsp3) is 0.452. The predicted molar refractivity (Wildman–Crippen MR) is 150 cm³/mol. The lowest BCUT2D eigenvalue weighted by molar-refractivity contribution is -0.145. The SMILES string of the molecule is C=CCN(CCC)C(=O)[C@@H]1[C@@H]2CCC3(O2)C(C(=O)N(CC=C)c2ccc4ccccc4c2)N(CCO)C(=O)[C@H]13. The number of amides is 3. The second-order valence-corrected chi connectivity index (χ2v) is 10.7. The molecule has 5 rings (SSSR count). The summed E-state index contributed by atoms with van der Waals surface area (Å²) < 4.78 is 6.55. The number of hydrogen-bond acceptors (Lipinski definition) is 5. The van der Waals surface area contributed by atoms with E-state index in [0.29, 0.717) is 31.6 Å². The van der Waals surface area contributed by atoms with Gasteiger partial charge in [0.1, 0.15) is 11.6 Å². The van der Waals surface area contributed by atoms with Crippen molar-refractivity contribution in [2.45, 2.75) is 43.9 Å². The Kier molecular flexibility index (Phi) is 7.60. The maximum atomic E-state index is 14.5. The fourth-order valence-corrected chi connectivity index (χ4v) is 6.93. The number of aliphatic hydroxyl groups is 1. The summed E-state index contributed by atoms with van der Waals surface area (Å²) in [6.07, 6.45) is 4.81. The van der Waals surface area contributed by atoms with Gasteiger partial charge in [-0.3, -0.25) is 14.4 Å². The molecule has 3 fully saturated rings. The van der Waals surface area contributed by atoms with Crippen LogP contribution in [-0.4, -0.2) is 83.2 Å². The van der Waals surface area contributed by atoms with Crippen LogP contribution in [0.1, 0.15) is 26.2 Å². The highest BCUT2D eigenvalue weighted by Gasteiger charge is 2.74. The van der Waals surface area contributed by atoms with Crippen molar-refractivity contribution in [3.63, 3.8) is 0 Å². The first-order chi connectivity index (χ1) is 18.9. The van der Waals surface area contributed by atoms with Gasteiger partial charge in [0.05, 0.1) is 24.5 Å². The summed E-state index contributed by atoms with van der Waals surface area (Å²) in [5.74, 6) is -2.15. The van der Waals surface area contributed by atoms with E-state index in [1.54, 1.807) is 22.0 Å². The maximum absolute atomic E-state index is 14.5. The van der Waals surface area contributed by atoms with Crippen LogP contribution in [0.4, 0.5) is 5.69 Å². The Balaban J connectivity index is 1.54. The topological polar surface area (TPSA) is 90.4 Å². The highest BCUT2D eigenvalue weighted by Crippen LogP contribution is 2.59. The number of anilines is 1. The standard InChI is InChI=1S/C31H37N3O5/c1-4-15-32(16-5-2)28(36)25-24-13-14-31(39-24)26(25)29(37)34(18-19-35)27(31)30(38)33(17-6-3)23-12-11-21-9-7-8-10-22(21)20-23/h4,6-12,20,24-27,35H,1,3,5,13-19H2,2H3/t24-,25+,26-,27?,31?/m0/s1. The number of ether oxygens (including phenoxy) is 1. The van der Waals surface area contributed by atoms with Crippen molar-refractivity contribution < 1.29 is 24.2 Å². The lowest BCUT2D eigenvalue weighted by atomic mass is 9.70. The number of likely N-dealkylation sites (tertiary alicyclic amines) is 1. The first kappa shape index (κ1) is 27.1. The zero-order valence-corrected chi connectivity index (χ0v) is 22.5. The van der Waals surface area contributed by atoms with Crippen LogP contribution in [0, 0.1) is 11.8 Å². The normalized spacial score (nSPS) is 27.0. The molecule has 1 spiro atoms. The molecule has 0 aliphatic carbocycles. The van der Waals surface area contributed by atoms with Crippen molar-refractivity contribution in [3.8, 4) is 0 Å². The van der Waals surface area contributed by atoms with Crippen LogP contribution in [0.25, 0.3) is 10.8 Å². The Morgan fingerprint density at radius 2 is 1.87 bits per heavy atom. The van der Waals surface area contributed by atoms with E-state index < -0.39 is 29.6 Å².